The molecule has 0 aromatic heterocycles. The summed E-state index contributed by atoms with van der Waals surface area (Å²) in [5, 5.41) is 8.49. The van der Waals surface area contributed by atoms with Crippen LogP contribution < -0.4 is 0 Å². The molecule has 1 rings (SSSR count). The van der Waals surface area contributed by atoms with Crippen molar-refractivity contribution in [2.45, 2.75) is 26.5 Å². The number of rotatable bonds is 5. The number of ether oxygens (including phenoxy) is 2. The number of aliphatic carboxylic acids is 1. The zero-order valence-electron chi connectivity index (χ0n) is 9.71. The minimum atomic E-state index is -1.15. The second-order valence-electron chi connectivity index (χ2n) is 3.52. The average molecular weight is 245 g/mol. The van der Waals surface area contributed by atoms with Gasteiger partial charge in [-0.3, -0.25) is 4.79 Å². The Balaban J connectivity index is 2.64. The molecule has 2 amide bonds. The molecule has 17 heavy (non-hydrogen) atoms. The van der Waals surface area contributed by atoms with Gasteiger partial charge in [0, 0.05) is 0 Å². The first kappa shape index (κ1) is 13.4. The van der Waals surface area contributed by atoms with Crippen LogP contribution in [0.5, 0.6) is 0 Å². The van der Waals surface area contributed by atoms with Crippen LogP contribution in [0.4, 0.5) is 4.79 Å². The number of nitrogens with zero attached hydrogens (tertiary/aromatic N) is 1. The van der Waals surface area contributed by atoms with Crippen LogP contribution in [0, 0.1) is 5.92 Å². The van der Waals surface area contributed by atoms with Crippen molar-refractivity contribution in [1.82, 2.24) is 4.90 Å². The maximum Gasteiger partial charge on any atom is 0.418 e. The molecule has 1 heterocycles. The first-order valence-corrected chi connectivity index (χ1v) is 5.36. The normalized spacial score (nSPS) is 23.2. The molecule has 7 heteroatoms. The Kier molecular flexibility index (Phi) is 4.45. The van der Waals surface area contributed by atoms with E-state index in [9.17, 15) is 14.4 Å². The second kappa shape index (κ2) is 5.62. The molecule has 1 fully saturated rings. The highest BCUT2D eigenvalue weighted by Gasteiger charge is 2.51. The van der Waals surface area contributed by atoms with Gasteiger partial charge in [-0.2, -0.15) is 0 Å². The summed E-state index contributed by atoms with van der Waals surface area (Å²) in [6.45, 7) is 2.98. The zero-order chi connectivity index (χ0) is 13.0. The first-order chi connectivity index (χ1) is 8.02. The standard InChI is InChI=1S/C10H15NO6/c1-3-6-8(14)11(10(15)16-4-2)9(6)17-5-7(12)13/h6,9H,3-5H2,1-2H3,(H,12,13)/t6-,9+/m0/s1. The average Bonchev–Trinajstić information content (AvgIpc) is 2.24. The molecule has 2 atom stereocenters. The smallest absolute Gasteiger partial charge is 0.418 e. The van der Waals surface area contributed by atoms with Gasteiger partial charge in [-0.15, -0.1) is 0 Å². The lowest BCUT2D eigenvalue weighted by Crippen LogP contribution is -2.64. The summed E-state index contributed by atoms with van der Waals surface area (Å²) < 4.78 is 9.68. The van der Waals surface area contributed by atoms with Crippen molar-refractivity contribution in [3.63, 3.8) is 0 Å². The third-order valence-electron chi connectivity index (χ3n) is 2.44. The van der Waals surface area contributed by atoms with Crippen molar-refractivity contribution in [3.8, 4) is 0 Å². The van der Waals surface area contributed by atoms with E-state index in [0.29, 0.717) is 6.42 Å². The van der Waals surface area contributed by atoms with E-state index in [0.717, 1.165) is 4.90 Å². The molecule has 0 aliphatic carbocycles. The van der Waals surface area contributed by atoms with Crippen molar-refractivity contribution in [3.05, 3.63) is 0 Å². The summed E-state index contributed by atoms with van der Waals surface area (Å²) in [4.78, 5) is 34.2. The Bertz CT molecular complexity index is 321. The highest BCUT2D eigenvalue weighted by atomic mass is 16.6. The lowest BCUT2D eigenvalue weighted by Gasteiger charge is -2.43. The van der Waals surface area contributed by atoms with Crippen LogP contribution in [0.1, 0.15) is 20.3 Å². The number of likely N-dealkylation sites (tertiary alicyclic amines) is 1. The summed E-state index contributed by atoms with van der Waals surface area (Å²) >= 11 is 0. The van der Waals surface area contributed by atoms with E-state index in [-0.39, 0.29) is 12.5 Å². The van der Waals surface area contributed by atoms with Gasteiger partial charge in [0.05, 0.1) is 12.5 Å². The molecule has 1 aliphatic rings. The maximum atomic E-state index is 11.6. The number of amides is 2. The molecule has 0 bridgehead atoms. The molecule has 0 unspecified atom stereocenters. The fourth-order valence-corrected chi connectivity index (χ4v) is 1.63. The van der Waals surface area contributed by atoms with Gasteiger partial charge in [-0.1, -0.05) is 6.92 Å². The predicted molar refractivity (Wildman–Crippen MR) is 55.0 cm³/mol. The second-order valence-corrected chi connectivity index (χ2v) is 3.52. The summed E-state index contributed by atoms with van der Waals surface area (Å²) in [5.41, 5.74) is 0. The maximum absolute atomic E-state index is 11.6. The molecule has 0 saturated carbocycles. The topological polar surface area (TPSA) is 93.1 Å². The quantitative estimate of drug-likeness (QED) is 0.706. The molecule has 96 valence electrons. The highest BCUT2D eigenvalue weighted by Crippen LogP contribution is 2.30. The number of hydrogen-bond donors (Lipinski definition) is 1. The molecule has 0 spiro atoms. The largest absolute Gasteiger partial charge is 0.480 e. The van der Waals surface area contributed by atoms with Gasteiger partial charge in [0.15, 0.2) is 6.23 Å². The van der Waals surface area contributed by atoms with Crippen LogP contribution in [-0.2, 0) is 19.1 Å². The van der Waals surface area contributed by atoms with Crippen LogP contribution in [0.2, 0.25) is 0 Å². The molecular formula is C10H15NO6. The van der Waals surface area contributed by atoms with E-state index >= 15 is 0 Å². The van der Waals surface area contributed by atoms with E-state index in [2.05, 4.69) is 4.74 Å². The van der Waals surface area contributed by atoms with Crippen LogP contribution >= 0.6 is 0 Å². The first-order valence-electron chi connectivity index (χ1n) is 5.36. The van der Waals surface area contributed by atoms with Crippen molar-refractivity contribution in [2.24, 2.45) is 5.92 Å². The van der Waals surface area contributed by atoms with Crippen LogP contribution in [0.15, 0.2) is 0 Å². The monoisotopic (exact) mass is 245 g/mol. The lowest BCUT2D eigenvalue weighted by molar-refractivity contribution is -0.190. The number of carbonyl (C=O) groups excluding carboxylic acids is 2. The number of carboxylic acid groups (broad SMARTS) is 1. The van der Waals surface area contributed by atoms with Gasteiger partial charge in [0.2, 0.25) is 5.91 Å². The Morgan fingerprint density at radius 2 is 2.06 bits per heavy atom. The Morgan fingerprint density at radius 3 is 2.53 bits per heavy atom. The van der Waals surface area contributed by atoms with Crippen molar-refractivity contribution in [2.75, 3.05) is 13.2 Å². The fourth-order valence-electron chi connectivity index (χ4n) is 1.63. The fraction of sp³-hybridized carbons (Fsp3) is 0.700. The van der Waals surface area contributed by atoms with E-state index in [1.807, 2.05) is 0 Å². The lowest BCUT2D eigenvalue weighted by atomic mass is 9.93. The van der Waals surface area contributed by atoms with Gasteiger partial charge < -0.3 is 14.6 Å². The van der Waals surface area contributed by atoms with E-state index in [1.165, 1.54) is 0 Å². The van der Waals surface area contributed by atoms with Crippen LogP contribution in [-0.4, -0.2) is 47.4 Å². The van der Waals surface area contributed by atoms with Gasteiger partial charge in [0.25, 0.3) is 0 Å². The zero-order valence-corrected chi connectivity index (χ0v) is 9.71. The van der Waals surface area contributed by atoms with Gasteiger partial charge in [-0.25, -0.2) is 14.5 Å². The van der Waals surface area contributed by atoms with Crippen molar-refractivity contribution in [1.29, 1.82) is 0 Å². The van der Waals surface area contributed by atoms with Crippen LogP contribution in [0.25, 0.3) is 0 Å². The molecule has 0 aromatic carbocycles. The Hall–Kier alpha value is -1.63. The summed E-state index contributed by atoms with van der Waals surface area (Å²) in [6.07, 6.45) is -1.14. The molecule has 0 aromatic rings. The highest BCUT2D eigenvalue weighted by molar-refractivity contribution is 5.99. The van der Waals surface area contributed by atoms with E-state index < -0.39 is 30.8 Å². The molecule has 0 radical (unpaired) electrons. The van der Waals surface area contributed by atoms with E-state index in [1.54, 1.807) is 13.8 Å². The Labute approximate surface area is 98.3 Å². The number of carbonyl (C=O) groups is 3. The SMILES string of the molecule is CCOC(=O)N1C(=O)[C@H](CC)[C@H]1OCC(=O)O. The van der Waals surface area contributed by atoms with Gasteiger partial charge >= 0.3 is 12.1 Å². The molecule has 1 N–H and O–H groups in total. The van der Waals surface area contributed by atoms with Crippen LogP contribution in [0.3, 0.4) is 0 Å². The third-order valence-corrected chi connectivity index (χ3v) is 2.44. The number of β-lactam (4-membered cyclic amide) rings is 1. The van der Waals surface area contributed by atoms with E-state index in [4.69, 9.17) is 9.84 Å². The minimum Gasteiger partial charge on any atom is -0.480 e. The minimum absolute atomic E-state index is 0.144. The van der Waals surface area contributed by atoms with Gasteiger partial charge in [-0.05, 0) is 13.3 Å². The van der Waals surface area contributed by atoms with Gasteiger partial charge in [0.1, 0.15) is 6.61 Å². The number of hydrogen-bond acceptors (Lipinski definition) is 5. The summed E-state index contributed by atoms with van der Waals surface area (Å²) in [6, 6.07) is 0. The molecule has 7 nitrogen and oxygen atoms in total. The van der Waals surface area contributed by atoms with Crippen molar-refractivity contribution >= 4 is 18.0 Å². The molecule has 1 saturated heterocycles. The predicted octanol–water partition coefficient (Wildman–Crippen LogP) is 0.439. The Morgan fingerprint density at radius 1 is 1.41 bits per heavy atom. The molecular weight excluding hydrogens is 230 g/mol. The summed E-state index contributed by atoms with van der Waals surface area (Å²) in [5.74, 6) is -2.01. The van der Waals surface area contributed by atoms with Crippen molar-refractivity contribution < 1.29 is 29.0 Å². The third kappa shape index (κ3) is 2.73. The summed E-state index contributed by atoms with van der Waals surface area (Å²) in [7, 11) is 0. The number of imide groups is 1. The number of carboxylic acids is 1. The molecule has 1 aliphatic heterocycles.